The van der Waals surface area contributed by atoms with E-state index in [1.165, 1.54) is 7.05 Å². The summed E-state index contributed by atoms with van der Waals surface area (Å²) < 4.78 is 43.1. The van der Waals surface area contributed by atoms with Crippen LogP contribution in [0.25, 0.3) is 0 Å². The van der Waals surface area contributed by atoms with Gasteiger partial charge in [-0.05, 0) is 20.6 Å². The maximum absolute atomic E-state index is 12.7. The van der Waals surface area contributed by atoms with Gasteiger partial charge in [-0.1, -0.05) is 0 Å². The molecule has 2 N–H and O–H groups in total. The summed E-state index contributed by atoms with van der Waals surface area (Å²) in [5.41, 5.74) is 5.64. The topological polar surface area (TPSA) is 75.6 Å². The van der Waals surface area contributed by atoms with Crippen LogP contribution in [0.15, 0.2) is 15.0 Å². The van der Waals surface area contributed by atoms with Crippen LogP contribution in [-0.4, -0.2) is 62.6 Å². The van der Waals surface area contributed by atoms with Crippen molar-refractivity contribution in [2.24, 2.45) is 20.7 Å². The first kappa shape index (κ1) is 18.4. The lowest BCUT2D eigenvalue weighted by molar-refractivity contribution is -0.0693. The van der Waals surface area contributed by atoms with Crippen molar-refractivity contribution in [3.05, 3.63) is 0 Å². The van der Waals surface area contributed by atoms with E-state index in [4.69, 9.17) is 10.5 Å². The second-order valence-corrected chi connectivity index (χ2v) is 4.17. The Kier molecular flexibility index (Phi) is 7.19. The van der Waals surface area contributed by atoms with E-state index in [1.54, 1.807) is 13.8 Å². The fourth-order valence-electron chi connectivity index (χ4n) is 1.27. The molecule has 0 amide bonds. The largest absolute Gasteiger partial charge is 0.461 e. The lowest BCUT2D eigenvalue weighted by atomic mass is 10.4. The summed E-state index contributed by atoms with van der Waals surface area (Å²) in [6, 6.07) is -0.00848. The van der Waals surface area contributed by atoms with Gasteiger partial charge in [0, 0.05) is 14.1 Å². The highest BCUT2D eigenvalue weighted by Gasteiger charge is 2.39. The molecule has 0 aromatic carbocycles. The molecular weight excluding hydrogens is 275 g/mol. The van der Waals surface area contributed by atoms with Crippen molar-refractivity contribution in [1.29, 1.82) is 0 Å². The third-order valence-corrected chi connectivity index (χ3v) is 2.19. The fourth-order valence-corrected chi connectivity index (χ4v) is 1.27. The number of ether oxygens (including phenoxy) is 1. The van der Waals surface area contributed by atoms with Gasteiger partial charge < -0.3 is 15.4 Å². The molecule has 0 aromatic heterocycles. The molecule has 0 aliphatic rings. The number of hydrogen-bond acceptors (Lipinski definition) is 4. The molecule has 116 valence electrons. The van der Waals surface area contributed by atoms with Crippen LogP contribution in [-0.2, 0) is 4.74 Å². The Balaban J connectivity index is 4.79. The highest BCUT2D eigenvalue weighted by Crippen LogP contribution is 2.19. The van der Waals surface area contributed by atoms with Crippen molar-refractivity contribution < 1.29 is 17.9 Å². The van der Waals surface area contributed by atoms with Crippen molar-refractivity contribution in [3.8, 4) is 0 Å². The number of aliphatic imine (C=N–C) groups is 3. The van der Waals surface area contributed by atoms with Gasteiger partial charge >= 0.3 is 12.2 Å². The van der Waals surface area contributed by atoms with Gasteiger partial charge in [0.15, 0.2) is 0 Å². The molecule has 0 saturated heterocycles. The average Bonchev–Trinajstić information content (AvgIpc) is 2.32. The van der Waals surface area contributed by atoms with E-state index in [1.807, 2.05) is 0 Å². The summed E-state index contributed by atoms with van der Waals surface area (Å²) in [7, 11) is 2.24. The Hall–Kier alpha value is -1.64. The first-order valence-corrected chi connectivity index (χ1v) is 5.83. The molecule has 1 unspecified atom stereocenters. The number of rotatable bonds is 4. The smallest absolute Gasteiger partial charge is 0.449 e. The molecule has 1 atom stereocenters. The third kappa shape index (κ3) is 6.00. The fraction of sp³-hybridized carbons (Fsp3) is 0.727. The summed E-state index contributed by atoms with van der Waals surface area (Å²) in [5, 5.41) is 0. The lowest BCUT2D eigenvalue weighted by Gasteiger charge is -2.27. The maximum Gasteiger partial charge on any atom is 0.449 e. The number of alkyl halides is 3. The van der Waals surface area contributed by atoms with Crippen LogP contribution in [0, 0.1) is 0 Å². The van der Waals surface area contributed by atoms with E-state index in [9.17, 15) is 13.2 Å². The van der Waals surface area contributed by atoms with Crippen molar-refractivity contribution in [2.45, 2.75) is 32.3 Å². The molecule has 0 bridgehead atoms. The minimum atomic E-state index is -4.57. The monoisotopic (exact) mass is 295 g/mol. The maximum atomic E-state index is 12.7. The van der Waals surface area contributed by atoms with Crippen molar-refractivity contribution in [2.75, 3.05) is 20.6 Å². The van der Waals surface area contributed by atoms with Crippen molar-refractivity contribution >= 4 is 18.6 Å². The van der Waals surface area contributed by atoms with E-state index in [0.29, 0.717) is 0 Å². The molecule has 0 rings (SSSR count). The highest BCUT2D eigenvalue weighted by molar-refractivity contribution is 5.87. The van der Waals surface area contributed by atoms with Crippen LogP contribution in [0.4, 0.5) is 13.2 Å². The molecule has 0 aliphatic heterocycles. The van der Waals surface area contributed by atoms with Crippen LogP contribution in [0.5, 0.6) is 0 Å². The predicted octanol–water partition coefficient (Wildman–Crippen LogP) is 1.28. The second kappa shape index (κ2) is 7.83. The summed E-state index contributed by atoms with van der Waals surface area (Å²) in [6.07, 6.45) is -5.75. The lowest BCUT2D eigenvalue weighted by Crippen LogP contribution is -2.50. The van der Waals surface area contributed by atoms with Crippen LogP contribution in [0.1, 0.15) is 13.8 Å². The Morgan fingerprint density at radius 2 is 1.95 bits per heavy atom. The zero-order chi connectivity index (χ0) is 15.9. The first-order valence-electron chi connectivity index (χ1n) is 5.83. The van der Waals surface area contributed by atoms with Gasteiger partial charge in [0.25, 0.3) is 0 Å². The van der Waals surface area contributed by atoms with Gasteiger partial charge in [-0.15, -0.1) is 0 Å². The molecule has 0 saturated carbocycles. The van der Waals surface area contributed by atoms with Crippen LogP contribution in [0.3, 0.4) is 0 Å². The zero-order valence-corrected chi connectivity index (χ0v) is 12.0. The van der Waals surface area contributed by atoms with Crippen LogP contribution in [0.2, 0.25) is 0 Å². The summed E-state index contributed by atoms with van der Waals surface area (Å²) in [5.74, 6) is -1.07. The molecule has 0 heterocycles. The SMILES string of the molecule is C=NC(=NCC(N)N(C)C(=NC)C(F)(F)F)OC(C)C. The van der Waals surface area contributed by atoms with Crippen molar-refractivity contribution in [1.82, 2.24) is 4.90 Å². The van der Waals surface area contributed by atoms with E-state index in [2.05, 4.69) is 21.7 Å². The van der Waals surface area contributed by atoms with E-state index >= 15 is 0 Å². The van der Waals surface area contributed by atoms with Gasteiger partial charge in [0.1, 0.15) is 0 Å². The second-order valence-electron chi connectivity index (χ2n) is 4.17. The standard InChI is InChI=1S/C11H20F3N5O/c1-7(2)20-10(17-4)18-6-8(15)19(5)9(16-3)11(12,13)14/h7-8H,4,6,15H2,1-3,5H3. The van der Waals surface area contributed by atoms with Gasteiger partial charge in [0.2, 0.25) is 5.84 Å². The zero-order valence-electron chi connectivity index (χ0n) is 12.0. The van der Waals surface area contributed by atoms with Crippen LogP contribution < -0.4 is 5.73 Å². The number of amidine groups is 2. The number of hydrogen-bond donors (Lipinski definition) is 1. The van der Waals surface area contributed by atoms with Gasteiger partial charge in [0.05, 0.1) is 18.8 Å². The number of halogens is 3. The minimum absolute atomic E-state index is 0.00848. The minimum Gasteiger partial charge on any atom is -0.461 e. The predicted molar refractivity (Wildman–Crippen MR) is 73.2 cm³/mol. The van der Waals surface area contributed by atoms with E-state index in [0.717, 1.165) is 11.9 Å². The van der Waals surface area contributed by atoms with E-state index < -0.39 is 18.2 Å². The molecule has 0 aliphatic carbocycles. The Morgan fingerprint density at radius 1 is 1.40 bits per heavy atom. The number of nitrogens with two attached hydrogens (primary N) is 1. The first-order chi connectivity index (χ1) is 9.13. The average molecular weight is 295 g/mol. The van der Waals surface area contributed by atoms with Gasteiger partial charge in [-0.2, -0.15) is 13.2 Å². The van der Waals surface area contributed by atoms with Crippen molar-refractivity contribution in [3.63, 3.8) is 0 Å². The van der Waals surface area contributed by atoms with Crippen LogP contribution >= 0.6 is 0 Å². The molecule has 6 nitrogen and oxygen atoms in total. The third-order valence-electron chi connectivity index (χ3n) is 2.19. The molecule has 0 aromatic rings. The highest BCUT2D eigenvalue weighted by atomic mass is 19.4. The quantitative estimate of drug-likeness (QED) is 0.482. The Bertz CT molecular complexity index is 379. The Labute approximate surface area is 116 Å². The molecule has 0 fully saturated rings. The molecule has 9 heteroatoms. The molecule has 20 heavy (non-hydrogen) atoms. The van der Waals surface area contributed by atoms with Gasteiger partial charge in [-0.3, -0.25) is 4.99 Å². The summed E-state index contributed by atoms with van der Waals surface area (Å²) >= 11 is 0. The Morgan fingerprint density at radius 3 is 2.30 bits per heavy atom. The van der Waals surface area contributed by atoms with Gasteiger partial charge in [-0.25, -0.2) is 9.98 Å². The molecule has 0 radical (unpaired) electrons. The molecular formula is C11H20F3N5O. The summed E-state index contributed by atoms with van der Waals surface area (Å²) in [6.45, 7) is 6.66. The number of likely N-dealkylation sites (N-methyl/N-ethyl adjacent to an activating group) is 1. The summed E-state index contributed by atoms with van der Waals surface area (Å²) in [4.78, 5) is 11.4. The normalized spacial score (nSPS) is 15.2. The molecule has 0 spiro atoms. The number of nitrogens with zero attached hydrogens (tertiary/aromatic N) is 4. The van der Waals surface area contributed by atoms with E-state index in [-0.39, 0.29) is 18.7 Å².